The molecule has 2 N–H and O–H groups in total. The molecule has 0 aliphatic rings. The average molecular weight is 344 g/mol. The Morgan fingerprint density at radius 3 is 2.85 bits per heavy atom. The zero-order valence-corrected chi connectivity index (χ0v) is 14.1. The Bertz CT molecular complexity index is 1070. The van der Waals surface area contributed by atoms with Crippen LogP contribution in [0.5, 0.6) is 5.75 Å². The highest BCUT2D eigenvalue weighted by atomic mass is 16.5. The van der Waals surface area contributed by atoms with Crippen molar-refractivity contribution in [1.82, 2.24) is 15.0 Å². The van der Waals surface area contributed by atoms with Gasteiger partial charge in [0.15, 0.2) is 0 Å². The van der Waals surface area contributed by atoms with Crippen LogP contribution in [0.3, 0.4) is 0 Å². The van der Waals surface area contributed by atoms with E-state index < -0.39 is 0 Å². The van der Waals surface area contributed by atoms with Crippen molar-refractivity contribution >= 4 is 22.6 Å². The fourth-order valence-corrected chi connectivity index (χ4v) is 2.76. The van der Waals surface area contributed by atoms with Crippen LogP contribution in [0.15, 0.2) is 67.3 Å². The number of methoxy groups -OCH3 is 1. The van der Waals surface area contributed by atoms with Crippen molar-refractivity contribution in [2.24, 2.45) is 0 Å². The van der Waals surface area contributed by atoms with Crippen LogP contribution in [0.4, 0.5) is 5.69 Å². The molecule has 1 aromatic carbocycles. The summed E-state index contributed by atoms with van der Waals surface area (Å²) in [5, 5.41) is 3.74. The lowest BCUT2D eigenvalue weighted by Crippen LogP contribution is -2.11. The van der Waals surface area contributed by atoms with Crippen molar-refractivity contribution in [3.8, 4) is 16.9 Å². The van der Waals surface area contributed by atoms with E-state index in [1.54, 1.807) is 37.8 Å². The van der Waals surface area contributed by atoms with Gasteiger partial charge >= 0.3 is 0 Å². The molecule has 0 saturated heterocycles. The van der Waals surface area contributed by atoms with Gasteiger partial charge in [0, 0.05) is 35.7 Å². The zero-order chi connectivity index (χ0) is 17.9. The first-order valence-corrected chi connectivity index (χ1v) is 8.07. The Kier molecular flexibility index (Phi) is 4.07. The second-order valence-electron chi connectivity index (χ2n) is 5.75. The van der Waals surface area contributed by atoms with Gasteiger partial charge in [0.05, 0.1) is 18.4 Å². The number of anilines is 1. The molecule has 6 nitrogen and oxygen atoms in total. The lowest BCUT2D eigenvalue weighted by Gasteiger charge is -2.06. The maximum absolute atomic E-state index is 12.4. The molecule has 0 unspecified atom stereocenters. The minimum absolute atomic E-state index is 0.217. The van der Waals surface area contributed by atoms with E-state index in [9.17, 15) is 4.79 Å². The molecule has 3 heterocycles. The third-order valence-electron chi connectivity index (χ3n) is 4.11. The highest BCUT2D eigenvalue weighted by Crippen LogP contribution is 2.29. The van der Waals surface area contributed by atoms with Gasteiger partial charge in [-0.15, -0.1) is 0 Å². The van der Waals surface area contributed by atoms with Gasteiger partial charge in [-0.2, -0.15) is 0 Å². The Morgan fingerprint density at radius 2 is 2.04 bits per heavy atom. The van der Waals surface area contributed by atoms with Crippen LogP contribution in [-0.4, -0.2) is 28.0 Å². The van der Waals surface area contributed by atoms with E-state index in [1.165, 1.54) is 6.20 Å². The average Bonchev–Trinajstić information content (AvgIpc) is 3.10. The number of carbonyl (C=O) groups is 1. The van der Waals surface area contributed by atoms with Crippen LogP contribution < -0.4 is 10.1 Å². The van der Waals surface area contributed by atoms with Gasteiger partial charge < -0.3 is 15.0 Å². The Balaban J connectivity index is 1.69. The van der Waals surface area contributed by atoms with Crippen LogP contribution in [0.25, 0.3) is 22.2 Å². The topological polar surface area (TPSA) is 79.9 Å². The van der Waals surface area contributed by atoms with Gasteiger partial charge in [-0.25, -0.2) is 4.98 Å². The van der Waals surface area contributed by atoms with Crippen molar-refractivity contribution in [3.05, 3.63) is 72.8 Å². The fourth-order valence-electron chi connectivity index (χ4n) is 2.76. The second kappa shape index (κ2) is 6.68. The van der Waals surface area contributed by atoms with Crippen molar-refractivity contribution in [1.29, 1.82) is 0 Å². The number of amides is 1. The molecule has 0 bridgehead atoms. The van der Waals surface area contributed by atoms with E-state index in [0.717, 1.165) is 22.3 Å². The maximum atomic E-state index is 12.4. The summed E-state index contributed by atoms with van der Waals surface area (Å²) in [6.07, 6.45) is 6.69. The maximum Gasteiger partial charge on any atom is 0.257 e. The molecule has 128 valence electrons. The van der Waals surface area contributed by atoms with Gasteiger partial charge in [0.2, 0.25) is 0 Å². The normalized spacial score (nSPS) is 10.7. The number of nitrogens with one attached hydrogen (secondary N) is 2. The van der Waals surface area contributed by atoms with Gasteiger partial charge in [-0.1, -0.05) is 12.1 Å². The minimum Gasteiger partial charge on any atom is -0.497 e. The molecule has 0 aliphatic carbocycles. The molecule has 0 fully saturated rings. The highest BCUT2D eigenvalue weighted by Gasteiger charge is 2.12. The SMILES string of the molecule is COc1cccc(-c2cnc3[nH]cc(NC(=O)c4cccnc4)c3c2)c1. The van der Waals surface area contributed by atoms with Crippen LogP contribution in [0.1, 0.15) is 10.4 Å². The number of ether oxygens (including phenoxy) is 1. The van der Waals surface area contributed by atoms with Crippen molar-refractivity contribution in [2.75, 3.05) is 12.4 Å². The highest BCUT2D eigenvalue weighted by molar-refractivity contribution is 6.08. The number of hydrogen-bond donors (Lipinski definition) is 2. The van der Waals surface area contributed by atoms with Crippen LogP contribution in [0, 0.1) is 0 Å². The lowest BCUT2D eigenvalue weighted by molar-refractivity contribution is 0.102. The van der Waals surface area contributed by atoms with E-state index in [2.05, 4.69) is 20.3 Å². The number of carbonyl (C=O) groups excluding carboxylic acids is 1. The number of aromatic nitrogens is 3. The molecule has 4 aromatic rings. The van der Waals surface area contributed by atoms with E-state index in [1.807, 2.05) is 30.3 Å². The standard InChI is InChI=1S/C20H16N4O2/c1-26-16-6-2-4-13(8-16)15-9-17-18(12-23-19(17)22-11-15)24-20(25)14-5-3-7-21-10-14/h2-12H,1H3,(H,22,23)(H,24,25). The summed E-state index contributed by atoms with van der Waals surface area (Å²) in [5.41, 5.74) is 3.81. The van der Waals surface area contributed by atoms with E-state index >= 15 is 0 Å². The van der Waals surface area contributed by atoms with Crippen molar-refractivity contribution in [2.45, 2.75) is 0 Å². The molecule has 6 heteroatoms. The summed E-state index contributed by atoms with van der Waals surface area (Å²) in [6.45, 7) is 0. The molecule has 0 saturated carbocycles. The van der Waals surface area contributed by atoms with E-state index in [0.29, 0.717) is 16.9 Å². The van der Waals surface area contributed by atoms with Crippen molar-refractivity contribution in [3.63, 3.8) is 0 Å². The zero-order valence-electron chi connectivity index (χ0n) is 14.1. The largest absolute Gasteiger partial charge is 0.497 e. The molecule has 0 radical (unpaired) electrons. The Labute approximate surface area is 149 Å². The molecule has 0 spiro atoms. The molecule has 0 atom stereocenters. The van der Waals surface area contributed by atoms with Gasteiger partial charge in [-0.05, 0) is 35.9 Å². The Morgan fingerprint density at radius 1 is 1.12 bits per heavy atom. The first-order chi connectivity index (χ1) is 12.7. The van der Waals surface area contributed by atoms with E-state index in [4.69, 9.17) is 4.74 Å². The van der Waals surface area contributed by atoms with Crippen LogP contribution in [-0.2, 0) is 0 Å². The number of hydrogen-bond acceptors (Lipinski definition) is 4. The number of nitrogens with zero attached hydrogens (tertiary/aromatic N) is 2. The summed E-state index contributed by atoms with van der Waals surface area (Å²) >= 11 is 0. The summed E-state index contributed by atoms with van der Waals surface area (Å²) in [7, 11) is 1.64. The fraction of sp³-hybridized carbons (Fsp3) is 0.0500. The molecule has 0 aliphatic heterocycles. The number of rotatable bonds is 4. The molecule has 3 aromatic heterocycles. The predicted molar refractivity (Wildman–Crippen MR) is 100 cm³/mol. The minimum atomic E-state index is -0.217. The predicted octanol–water partition coefficient (Wildman–Crippen LogP) is 3.89. The first-order valence-electron chi connectivity index (χ1n) is 8.07. The van der Waals surface area contributed by atoms with Gasteiger partial charge in [-0.3, -0.25) is 9.78 Å². The lowest BCUT2D eigenvalue weighted by atomic mass is 10.1. The summed E-state index contributed by atoms with van der Waals surface area (Å²) in [5.74, 6) is 0.563. The Hall–Kier alpha value is -3.67. The smallest absolute Gasteiger partial charge is 0.257 e. The third-order valence-corrected chi connectivity index (χ3v) is 4.11. The second-order valence-corrected chi connectivity index (χ2v) is 5.75. The quantitative estimate of drug-likeness (QED) is 0.589. The van der Waals surface area contributed by atoms with Crippen LogP contribution >= 0.6 is 0 Å². The molecular weight excluding hydrogens is 328 g/mol. The summed E-state index contributed by atoms with van der Waals surface area (Å²) in [6, 6.07) is 13.2. The molecule has 26 heavy (non-hydrogen) atoms. The van der Waals surface area contributed by atoms with E-state index in [-0.39, 0.29) is 5.91 Å². The summed E-state index contributed by atoms with van der Waals surface area (Å²) < 4.78 is 5.28. The van der Waals surface area contributed by atoms with Gasteiger partial charge in [0.25, 0.3) is 5.91 Å². The number of aromatic amines is 1. The third kappa shape index (κ3) is 3.00. The first kappa shape index (κ1) is 15.8. The number of H-pyrrole nitrogens is 1. The number of pyridine rings is 2. The summed E-state index contributed by atoms with van der Waals surface area (Å²) in [4.78, 5) is 23.9. The molecular formula is C20H16N4O2. The molecule has 4 rings (SSSR count). The van der Waals surface area contributed by atoms with Crippen molar-refractivity contribution < 1.29 is 9.53 Å². The number of benzene rings is 1. The number of fused-ring (bicyclic) bond motifs is 1. The van der Waals surface area contributed by atoms with Crippen LogP contribution in [0.2, 0.25) is 0 Å². The monoisotopic (exact) mass is 344 g/mol. The molecule has 1 amide bonds. The van der Waals surface area contributed by atoms with Gasteiger partial charge in [0.1, 0.15) is 11.4 Å².